The van der Waals surface area contributed by atoms with Crippen LogP contribution in [0.5, 0.6) is 0 Å². The lowest BCUT2D eigenvalue weighted by Gasteiger charge is -2.07. The molecule has 0 spiro atoms. The molecule has 20 heavy (non-hydrogen) atoms. The molecular weight excluding hydrogens is 256 g/mol. The van der Waals surface area contributed by atoms with E-state index in [9.17, 15) is 9.59 Å². The number of amides is 2. The molecule has 0 aliphatic heterocycles. The predicted molar refractivity (Wildman–Crippen MR) is 75.2 cm³/mol. The van der Waals surface area contributed by atoms with Gasteiger partial charge in [0.15, 0.2) is 0 Å². The molecule has 0 atom stereocenters. The van der Waals surface area contributed by atoms with Crippen LogP contribution in [0.2, 0.25) is 0 Å². The van der Waals surface area contributed by atoms with Gasteiger partial charge >= 0.3 is 0 Å². The van der Waals surface area contributed by atoms with E-state index in [4.69, 9.17) is 0 Å². The van der Waals surface area contributed by atoms with Crippen molar-refractivity contribution in [3.05, 3.63) is 30.1 Å². The lowest BCUT2D eigenvalue weighted by atomic mass is 10.3. The van der Waals surface area contributed by atoms with Crippen LogP contribution in [-0.2, 0) is 4.79 Å². The molecule has 1 heterocycles. The molecule has 0 aromatic carbocycles. The third-order valence-electron chi connectivity index (χ3n) is 3.07. The first-order valence-corrected chi connectivity index (χ1v) is 6.91. The van der Waals surface area contributed by atoms with E-state index in [0.717, 1.165) is 12.5 Å². The minimum Gasteiger partial charge on any atom is -0.353 e. The fraction of sp³-hybridized carbons (Fsp3) is 0.500. The highest BCUT2D eigenvalue weighted by Gasteiger charge is 2.20. The summed E-state index contributed by atoms with van der Waals surface area (Å²) in [5, 5.41) is 8.59. The Bertz CT molecular complexity index is 446. The Hall–Kier alpha value is -1.95. The zero-order chi connectivity index (χ0) is 14.2. The lowest BCUT2D eigenvalue weighted by molar-refractivity contribution is -0.120. The van der Waals surface area contributed by atoms with E-state index in [-0.39, 0.29) is 11.8 Å². The first-order chi connectivity index (χ1) is 9.75. The molecule has 0 radical (unpaired) electrons. The first kappa shape index (κ1) is 14.5. The highest BCUT2D eigenvalue weighted by atomic mass is 16.2. The van der Waals surface area contributed by atoms with E-state index < -0.39 is 0 Å². The van der Waals surface area contributed by atoms with Gasteiger partial charge in [-0.3, -0.25) is 14.6 Å². The van der Waals surface area contributed by atoms with Crippen LogP contribution in [0.4, 0.5) is 0 Å². The zero-order valence-corrected chi connectivity index (χ0v) is 11.4. The average molecular weight is 276 g/mol. The number of carbonyl (C=O) groups is 2. The van der Waals surface area contributed by atoms with Crippen LogP contribution in [-0.4, -0.2) is 43.0 Å². The molecule has 1 saturated carbocycles. The summed E-state index contributed by atoms with van der Waals surface area (Å²) in [5.74, 6) is 0.544. The number of hydrogen-bond donors (Lipinski definition) is 3. The van der Waals surface area contributed by atoms with Crippen molar-refractivity contribution in [2.24, 2.45) is 5.92 Å². The highest BCUT2D eigenvalue weighted by molar-refractivity contribution is 5.93. The summed E-state index contributed by atoms with van der Waals surface area (Å²) in [6.07, 6.45) is 5.67. The van der Waals surface area contributed by atoms with E-state index in [1.807, 2.05) is 0 Å². The summed E-state index contributed by atoms with van der Waals surface area (Å²) in [6.45, 7) is 2.09. The van der Waals surface area contributed by atoms with Crippen molar-refractivity contribution in [2.45, 2.75) is 12.8 Å². The largest absolute Gasteiger partial charge is 0.353 e. The van der Waals surface area contributed by atoms with Crippen LogP contribution in [0.15, 0.2) is 24.5 Å². The quantitative estimate of drug-likeness (QED) is 0.580. The van der Waals surface area contributed by atoms with Crippen molar-refractivity contribution in [2.75, 3.05) is 26.2 Å². The predicted octanol–water partition coefficient (Wildman–Crippen LogP) is -0.0728. The van der Waals surface area contributed by atoms with Gasteiger partial charge in [-0.15, -0.1) is 0 Å². The van der Waals surface area contributed by atoms with Gasteiger partial charge < -0.3 is 16.0 Å². The minimum absolute atomic E-state index is 0.0405. The minimum atomic E-state index is -0.181. The maximum atomic E-state index is 11.7. The number of rotatable bonds is 8. The second kappa shape index (κ2) is 7.59. The van der Waals surface area contributed by atoms with Crippen molar-refractivity contribution < 1.29 is 9.59 Å². The van der Waals surface area contributed by atoms with E-state index in [1.54, 1.807) is 18.3 Å². The lowest BCUT2D eigenvalue weighted by Crippen LogP contribution is -2.39. The Morgan fingerprint density at radius 1 is 1.25 bits per heavy atom. The molecule has 1 aromatic rings. The van der Waals surface area contributed by atoms with Crippen LogP contribution in [0, 0.1) is 5.92 Å². The van der Waals surface area contributed by atoms with E-state index >= 15 is 0 Å². The van der Waals surface area contributed by atoms with Gasteiger partial charge in [0.25, 0.3) is 5.91 Å². The molecule has 2 amide bonds. The van der Waals surface area contributed by atoms with Crippen molar-refractivity contribution in [1.82, 2.24) is 20.9 Å². The topological polar surface area (TPSA) is 83.1 Å². The standard InChI is InChI=1S/C14H20N4O2/c19-13(10-16-8-11-3-4-11)17-6-7-18-14(20)12-2-1-5-15-9-12/h1-2,5,9,11,16H,3-4,6-8,10H2,(H,17,19)(H,18,20). The van der Waals surface area contributed by atoms with Crippen molar-refractivity contribution in [3.63, 3.8) is 0 Å². The number of carbonyl (C=O) groups excluding carboxylic acids is 2. The fourth-order valence-corrected chi connectivity index (χ4v) is 1.75. The number of aromatic nitrogens is 1. The van der Waals surface area contributed by atoms with Gasteiger partial charge in [-0.05, 0) is 37.4 Å². The summed E-state index contributed by atoms with van der Waals surface area (Å²) in [4.78, 5) is 27.0. The maximum Gasteiger partial charge on any atom is 0.252 e. The summed E-state index contributed by atoms with van der Waals surface area (Å²) in [6, 6.07) is 3.41. The summed E-state index contributed by atoms with van der Waals surface area (Å²) >= 11 is 0. The van der Waals surface area contributed by atoms with Crippen LogP contribution in [0.25, 0.3) is 0 Å². The molecule has 0 bridgehead atoms. The molecule has 1 aromatic heterocycles. The molecule has 6 nitrogen and oxygen atoms in total. The summed E-state index contributed by atoms with van der Waals surface area (Å²) in [5.41, 5.74) is 0.518. The second-order valence-corrected chi connectivity index (χ2v) is 4.92. The van der Waals surface area contributed by atoms with Gasteiger partial charge in [0, 0.05) is 25.5 Å². The molecule has 6 heteroatoms. The van der Waals surface area contributed by atoms with E-state index in [1.165, 1.54) is 19.0 Å². The number of nitrogens with zero attached hydrogens (tertiary/aromatic N) is 1. The van der Waals surface area contributed by atoms with Crippen LogP contribution < -0.4 is 16.0 Å². The Morgan fingerprint density at radius 2 is 2.05 bits per heavy atom. The third-order valence-corrected chi connectivity index (χ3v) is 3.07. The van der Waals surface area contributed by atoms with Gasteiger partial charge in [0.05, 0.1) is 12.1 Å². The van der Waals surface area contributed by atoms with Crippen LogP contribution in [0.3, 0.4) is 0 Å². The van der Waals surface area contributed by atoms with Gasteiger partial charge in [-0.25, -0.2) is 0 Å². The molecule has 1 aliphatic carbocycles. The molecule has 0 unspecified atom stereocenters. The summed E-state index contributed by atoms with van der Waals surface area (Å²) in [7, 11) is 0. The van der Waals surface area contributed by atoms with Crippen LogP contribution in [0.1, 0.15) is 23.2 Å². The van der Waals surface area contributed by atoms with Crippen molar-refractivity contribution >= 4 is 11.8 Å². The molecule has 3 N–H and O–H groups in total. The number of nitrogens with one attached hydrogen (secondary N) is 3. The molecule has 0 saturated heterocycles. The highest BCUT2D eigenvalue weighted by Crippen LogP contribution is 2.27. The zero-order valence-electron chi connectivity index (χ0n) is 11.4. The molecule has 1 aliphatic rings. The second-order valence-electron chi connectivity index (χ2n) is 4.92. The van der Waals surface area contributed by atoms with Crippen molar-refractivity contribution in [1.29, 1.82) is 0 Å². The molecular formula is C14H20N4O2. The Labute approximate surface area is 118 Å². The first-order valence-electron chi connectivity index (χ1n) is 6.91. The molecule has 108 valence electrons. The number of hydrogen-bond acceptors (Lipinski definition) is 4. The maximum absolute atomic E-state index is 11.7. The molecule has 2 rings (SSSR count). The van der Waals surface area contributed by atoms with Gasteiger partial charge in [-0.1, -0.05) is 0 Å². The number of pyridine rings is 1. The van der Waals surface area contributed by atoms with E-state index in [2.05, 4.69) is 20.9 Å². The smallest absolute Gasteiger partial charge is 0.252 e. The van der Waals surface area contributed by atoms with Crippen LogP contribution >= 0.6 is 0 Å². The monoisotopic (exact) mass is 276 g/mol. The van der Waals surface area contributed by atoms with Gasteiger partial charge in [-0.2, -0.15) is 0 Å². The third kappa shape index (κ3) is 5.36. The average Bonchev–Trinajstić information content (AvgIpc) is 3.28. The Balaban J connectivity index is 1.52. The van der Waals surface area contributed by atoms with Crippen molar-refractivity contribution in [3.8, 4) is 0 Å². The fourth-order valence-electron chi connectivity index (χ4n) is 1.75. The van der Waals surface area contributed by atoms with Gasteiger partial charge in [0.1, 0.15) is 0 Å². The SMILES string of the molecule is O=C(CNCC1CC1)NCCNC(=O)c1cccnc1. The normalized spacial score (nSPS) is 13.8. The Kier molecular flexibility index (Phi) is 5.49. The van der Waals surface area contributed by atoms with E-state index in [0.29, 0.717) is 25.2 Å². The summed E-state index contributed by atoms with van der Waals surface area (Å²) < 4.78 is 0. The van der Waals surface area contributed by atoms with Gasteiger partial charge in [0.2, 0.25) is 5.91 Å². The molecule has 1 fully saturated rings. The Morgan fingerprint density at radius 3 is 2.75 bits per heavy atom.